The van der Waals surface area contributed by atoms with E-state index >= 15 is 0 Å². The van der Waals surface area contributed by atoms with Crippen LogP contribution in [0.15, 0.2) is 12.2 Å². The van der Waals surface area contributed by atoms with Crippen molar-refractivity contribution in [1.29, 1.82) is 0 Å². The van der Waals surface area contributed by atoms with Gasteiger partial charge in [-0.3, -0.25) is 4.79 Å². The summed E-state index contributed by atoms with van der Waals surface area (Å²) in [6.07, 6.45) is 6.83. The highest BCUT2D eigenvalue weighted by atomic mass is 16.5. The maximum atomic E-state index is 11.7. The first-order valence-corrected chi connectivity index (χ1v) is 6.55. The van der Waals surface area contributed by atoms with Crippen molar-refractivity contribution in [2.24, 2.45) is 5.92 Å². The molecule has 0 radical (unpaired) electrons. The molecule has 2 amide bonds. The van der Waals surface area contributed by atoms with E-state index in [0.717, 1.165) is 19.3 Å². The van der Waals surface area contributed by atoms with Gasteiger partial charge in [0.15, 0.2) is 0 Å². The molecule has 106 valence electrons. The Hall–Kier alpha value is -1.56. The molecule has 1 fully saturated rings. The molecule has 3 N–H and O–H groups in total. The third kappa shape index (κ3) is 3.26. The number of carboxylic acids is 1. The van der Waals surface area contributed by atoms with Gasteiger partial charge in [-0.15, -0.1) is 0 Å². The fourth-order valence-corrected chi connectivity index (χ4v) is 2.47. The summed E-state index contributed by atoms with van der Waals surface area (Å²) in [5.41, 5.74) is -0.202. The number of carboxylic acid groups (broad SMARTS) is 1. The lowest BCUT2D eigenvalue weighted by Gasteiger charge is -2.40. The molecule has 2 rings (SSSR count). The molecule has 0 spiro atoms. The molecular formula is C13H20N2O4. The molecule has 0 aliphatic heterocycles. The number of hydrogen-bond acceptors (Lipinski definition) is 3. The molecule has 0 bridgehead atoms. The summed E-state index contributed by atoms with van der Waals surface area (Å²) in [5, 5.41) is 14.4. The van der Waals surface area contributed by atoms with E-state index in [0.29, 0.717) is 13.0 Å². The molecule has 1 saturated carbocycles. The van der Waals surface area contributed by atoms with Gasteiger partial charge in [-0.25, -0.2) is 4.79 Å². The molecule has 0 aromatic carbocycles. The van der Waals surface area contributed by atoms with Gasteiger partial charge in [0.1, 0.15) is 0 Å². The number of hydrogen-bond donors (Lipinski definition) is 3. The van der Waals surface area contributed by atoms with Crippen LogP contribution in [-0.2, 0) is 9.53 Å². The molecule has 0 aromatic rings. The van der Waals surface area contributed by atoms with Crippen molar-refractivity contribution in [3.8, 4) is 0 Å². The Morgan fingerprint density at radius 2 is 2.16 bits per heavy atom. The van der Waals surface area contributed by atoms with Crippen LogP contribution in [-0.4, -0.2) is 42.4 Å². The molecule has 0 heterocycles. The van der Waals surface area contributed by atoms with Gasteiger partial charge in [0, 0.05) is 13.7 Å². The third-order valence-electron chi connectivity index (χ3n) is 3.99. The van der Waals surface area contributed by atoms with Crippen molar-refractivity contribution in [3.63, 3.8) is 0 Å². The van der Waals surface area contributed by atoms with Crippen molar-refractivity contribution in [1.82, 2.24) is 10.6 Å². The van der Waals surface area contributed by atoms with Gasteiger partial charge >= 0.3 is 12.0 Å². The van der Waals surface area contributed by atoms with Crippen LogP contribution in [0.25, 0.3) is 0 Å². The number of amides is 2. The van der Waals surface area contributed by atoms with Crippen LogP contribution in [0.5, 0.6) is 0 Å². The van der Waals surface area contributed by atoms with Gasteiger partial charge in [-0.1, -0.05) is 12.2 Å². The number of methoxy groups -OCH3 is 1. The van der Waals surface area contributed by atoms with E-state index in [4.69, 9.17) is 9.84 Å². The average Bonchev–Trinajstić information content (AvgIpc) is 2.77. The second-order valence-electron chi connectivity index (χ2n) is 5.24. The van der Waals surface area contributed by atoms with Crippen molar-refractivity contribution in [3.05, 3.63) is 12.2 Å². The molecule has 2 atom stereocenters. The van der Waals surface area contributed by atoms with Gasteiger partial charge < -0.3 is 20.5 Å². The second-order valence-corrected chi connectivity index (χ2v) is 5.24. The van der Waals surface area contributed by atoms with Crippen LogP contribution in [0.2, 0.25) is 0 Å². The second kappa shape index (κ2) is 5.61. The SMILES string of the molecule is COC1(CNC(=O)NC2C=CC(C(=O)O)C2)CCC1. The predicted molar refractivity (Wildman–Crippen MR) is 68.8 cm³/mol. The quantitative estimate of drug-likeness (QED) is 0.646. The van der Waals surface area contributed by atoms with E-state index in [9.17, 15) is 9.59 Å². The van der Waals surface area contributed by atoms with E-state index < -0.39 is 11.9 Å². The summed E-state index contributed by atoms with van der Waals surface area (Å²) in [7, 11) is 1.66. The Morgan fingerprint density at radius 3 is 2.63 bits per heavy atom. The van der Waals surface area contributed by atoms with E-state index in [-0.39, 0.29) is 17.7 Å². The molecule has 2 aliphatic carbocycles. The first-order chi connectivity index (χ1) is 9.04. The predicted octanol–water partition coefficient (Wildman–Crippen LogP) is 0.884. The van der Waals surface area contributed by atoms with Gasteiger partial charge in [-0.2, -0.15) is 0 Å². The number of aliphatic carboxylic acids is 1. The maximum Gasteiger partial charge on any atom is 0.315 e. The standard InChI is InChI=1S/C13H20N2O4/c1-19-13(5-2-6-13)8-14-12(18)15-10-4-3-9(7-10)11(16)17/h3-4,9-10H,2,5-8H2,1H3,(H,16,17)(H2,14,15,18). The lowest BCUT2D eigenvalue weighted by atomic mass is 9.80. The van der Waals surface area contributed by atoms with Gasteiger partial charge in [0.05, 0.1) is 17.6 Å². The Labute approximate surface area is 112 Å². The van der Waals surface area contributed by atoms with Crippen molar-refractivity contribution in [2.75, 3.05) is 13.7 Å². The zero-order chi connectivity index (χ0) is 13.9. The minimum absolute atomic E-state index is 0.202. The lowest BCUT2D eigenvalue weighted by molar-refractivity contribution is -0.140. The van der Waals surface area contributed by atoms with Crippen LogP contribution in [0.4, 0.5) is 4.79 Å². The minimum Gasteiger partial charge on any atom is -0.481 e. The zero-order valence-electron chi connectivity index (χ0n) is 11.0. The molecule has 2 aliphatic rings. The van der Waals surface area contributed by atoms with E-state index in [1.165, 1.54) is 0 Å². The summed E-state index contributed by atoms with van der Waals surface area (Å²) in [6, 6.07) is -0.481. The summed E-state index contributed by atoms with van der Waals surface area (Å²) < 4.78 is 5.41. The number of ether oxygens (including phenoxy) is 1. The van der Waals surface area contributed by atoms with Gasteiger partial charge in [-0.05, 0) is 25.7 Å². The molecule has 6 nitrogen and oxygen atoms in total. The fraction of sp³-hybridized carbons (Fsp3) is 0.692. The number of carbonyl (C=O) groups is 2. The summed E-state index contributed by atoms with van der Waals surface area (Å²) in [6.45, 7) is 0.494. The smallest absolute Gasteiger partial charge is 0.315 e. The Morgan fingerprint density at radius 1 is 1.42 bits per heavy atom. The summed E-state index contributed by atoms with van der Waals surface area (Å²) in [5.74, 6) is -1.35. The monoisotopic (exact) mass is 268 g/mol. The van der Waals surface area contributed by atoms with Crippen LogP contribution >= 0.6 is 0 Å². The number of urea groups is 1. The first kappa shape index (κ1) is 13.9. The largest absolute Gasteiger partial charge is 0.481 e. The highest BCUT2D eigenvalue weighted by Crippen LogP contribution is 2.34. The van der Waals surface area contributed by atoms with Crippen molar-refractivity contribution >= 4 is 12.0 Å². The molecule has 2 unspecified atom stereocenters. The lowest BCUT2D eigenvalue weighted by Crippen LogP contribution is -2.52. The minimum atomic E-state index is -0.853. The molecule has 0 saturated heterocycles. The Bertz CT molecular complexity index is 385. The number of rotatable bonds is 5. The fourth-order valence-electron chi connectivity index (χ4n) is 2.47. The molecular weight excluding hydrogens is 248 g/mol. The van der Waals surface area contributed by atoms with E-state index in [2.05, 4.69) is 10.6 Å². The summed E-state index contributed by atoms with van der Waals surface area (Å²) >= 11 is 0. The van der Waals surface area contributed by atoms with Crippen LogP contribution in [0.1, 0.15) is 25.7 Å². The van der Waals surface area contributed by atoms with Crippen LogP contribution < -0.4 is 10.6 Å². The maximum absolute atomic E-state index is 11.7. The van der Waals surface area contributed by atoms with Crippen molar-refractivity contribution in [2.45, 2.75) is 37.3 Å². The average molecular weight is 268 g/mol. The molecule has 19 heavy (non-hydrogen) atoms. The third-order valence-corrected chi connectivity index (χ3v) is 3.99. The Kier molecular flexibility index (Phi) is 4.09. The van der Waals surface area contributed by atoms with Crippen LogP contribution in [0.3, 0.4) is 0 Å². The first-order valence-electron chi connectivity index (χ1n) is 6.55. The van der Waals surface area contributed by atoms with Crippen LogP contribution in [0, 0.1) is 5.92 Å². The van der Waals surface area contributed by atoms with Gasteiger partial charge in [0.2, 0.25) is 0 Å². The van der Waals surface area contributed by atoms with E-state index in [1.807, 2.05) is 0 Å². The highest BCUT2D eigenvalue weighted by molar-refractivity contribution is 5.76. The normalized spacial score (nSPS) is 27.6. The molecule has 6 heteroatoms. The number of carbonyl (C=O) groups excluding carboxylic acids is 1. The van der Waals surface area contributed by atoms with E-state index in [1.54, 1.807) is 19.3 Å². The van der Waals surface area contributed by atoms with Crippen molar-refractivity contribution < 1.29 is 19.4 Å². The zero-order valence-corrected chi connectivity index (χ0v) is 11.0. The topological polar surface area (TPSA) is 87.7 Å². The summed E-state index contributed by atoms with van der Waals surface area (Å²) in [4.78, 5) is 22.5. The highest BCUT2D eigenvalue weighted by Gasteiger charge is 2.37. The van der Waals surface area contributed by atoms with Gasteiger partial charge in [0.25, 0.3) is 0 Å². The molecule has 0 aromatic heterocycles. The Balaban J connectivity index is 1.71. The number of nitrogens with one attached hydrogen (secondary N) is 2.